The Morgan fingerprint density at radius 1 is 1.12 bits per heavy atom. The Labute approximate surface area is 157 Å². The van der Waals surface area contributed by atoms with Crippen LogP contribution < -0.4 is 11.1 Å². The predicted octanol–water partition coefficient (Wildman–Crippen LogP) is 5.59. The second kappa shape index (κ2) is 8.25. The lowest BCUT2D eigenvalue weighted by Crippen LogP contribution is -2.12. The van der Waals surface area contributed by atoms with Gasteiger partial charge in [-0.05, 0) is 30.5 Å². The van der Waals surface area contributed by atoms with Crippen molar-refractivity contribution in [2.24, 2.45) is 5.73 Å². The van der Waals surface area contributed by atoms with E-state index < -0.39 is 11.9 Å². The number of nitrogens with two attached hydrogens (primary N) is 1. The Balaban J connectivity index is 2.56. The zero-order valence-corrected chi connectivity index (χ0v) is 14.7. The van der Waals surface area contributed by atoms with Crippen LogP contribution >= 0.6 is 23.2 Å². The first kappa shape index (κ1) is 19.8. The maximum Gasteiger partial charge on any atom is 0.433 e. The minimum Gasteiger partial charge on any atom is -0.405 e. The average molecular weight is 401 g/mol. The van der Waals surface area contributed by atoms with E-state index >= 15 is 0 Å². The molecular formula is C17H13Cl2F3N4. The molecule has 1 heterocycles. The van der Waals surface area contributed by atoms with Crippen LogP contribution in [0.15, 0.2) is 55.3 Å². The van der Waals surface area contributed by atoms with Gasteiger partial charge < -0.3 is 11.1 Å². The molecule has 0 aliphatic carbocycles. The molecule has 0 saturated carbocycles. The van der Waals surface area contributed by atoms with E-state index in [2.05, 4.69) is 21.9 Å². The number of hydrogen-bond donors (Lipinski definition) is 2. The number of halogens is 5. The minimum atomic E-state index is -4.66. The third-order valence-corrected chi connectivity index (χ3v) is 3.42. The van der Waals surface area contributed by atoms with E-state index in [0.29, 0.717) is 15.7 Å². The molecule has 0 spiro atoms. The third-order valence-electron chi connectivity index (χ3n) is 2.98. The summed E-state index contributed by atoms with van der Waals surface area (Å²) in [5, 5.41) is 3.39. The van der Waals surface area contributed by atoms with Crippen LogP contribution in [0.3, 0.4) is 0 Å². The van der Waals surface area contributed by atoms with Crippen molar-refractivity contribution in [3.05, 3.63) is 76.8 Å². The van der Waals surface area contributed by atoms with Crippen molar-refractivity contribution in [3.63, 3.8) is 0 Å². The molecule has 0 unspecified atom stereocenters. The Hall–Kier alpha value is -2.51. The van der Waals surface area contributed by atoms with E-state index in [9.17, 15) is 13.2 Å². The minimum absolute atomic E-state index is 0.0824. The summed E-state index contributed by atoms with van der Waals surface area (Å²) in [6.07, 6.45) is 0.716. The van der Waals surface area contributed by atoms with Gasteiger partial charge in [0.05, 0.1) is 0 Å². The van der Waals surface area contributed by atoms with Crippen LogP contribution in [-0.4, -0.2) is 9.97 Å². The number of alkyl halides is 3. The van der Waals surface area contributed by atoms with Crippen LogP contribution in [0.25, 0.3) is 5.57 Å². The zero-order chi connectivity index (χ0) is 19.3. The zero-order valence-electron chi connectivity index (χ0n) is 13.2. The summed E-state index contributed by atoms with van der Waals surface area (Å²) < 4.78 is 39.6. The average Bonchev–Trinajstić information content (AvgIpc) is 2.52. The lowest BCUT2D eigenvalue weighted by Gasteiger charge is -2.13. The van der Waals surface area contributed by atoms with Crippen molar-refractivity contribution >= 4 is 40.3 Å². The molecule has 0 aliphatic rings. The number of rotatable bonds is 5. The van der Waals surface area contributed by atoms with Gasteiger partial charge in [-0.2, -0.15) is 13.2 Å². The topological polar surface area (TPSA) is 63.8 Å². The molecule has 0 amide bonds. The molecule has 3 N–H and O–H groups in total. The SMILES string of the molecule is C=C/C=C(\C=C/N)c1nc(Nc2cc(Cl)cc(Cl)c2)cc(C(F)(F)F)n1. The fourth-order valence-electron chi connectivity index (χ4n) is 1.99. The van der Waals surface area contributed by atoms with Gasteiger partial charge in [0.2, 0.25) is 0 Å². The summed E-state index contributed by atoms with van der Waals surface area (Å²) >= 11 is 11.8. The smallest absolute Gasteiger partial charge is 0.405 e. The molecule has 0 atom stereocenters. The number of benzene rings is 1. The normalized spacial score (nSPS) is 12.4. The molecule has 4 nitrogen and oxygen atoms in total. The highest BCUT2D eigenvalue weighted by Gasteiger charge is 2.34. The van der Waals surface area contributed by atoms with Gasteiger partial charge in [-0.25, -0.2) is 9.97 Å². The molecule has 2 aromatic rings. The highest BCUT2D eigenvalue weighted by molar-refractivity contribution is 6.35. The molecule has 0 radical (unpaired) electrons. The summed E-state index contributed by atoms with van der Waals surface area (Å²) in [5.41, 5.74) is 4.87. The predicted molar refractivity (Wildman–Crippen MR) is 98.3 cm³/mol. The summed E-state index contributed by atoms with van der Waals surface area (Å²) in [6.45, 7) is 3.52. The van der Waals surface area contributed by atoms with Gasteiger partial charge in [0.1, 0.15) is 5.82 Å². The van der Waals surface area contributed by atoms with Crippen molar-refractivity contribution in [1.82, 2.24) is 9.97 Å². The first-order valence-electron chi connectivity index (χ1n) is 7.13. The molecule has 1 aromatic heterocycles. The first-order valence-corrected chi connectivity index (χ1v) is 7.89. The second-order valence-electron chi connectivity index (χ2n) is 4.96. The van der Waals surface area contributed by atoms with E-state index in [0.717, 1.165) is 6.07 Å². The third kappa shape index (κ3) is 5.24. The molecule has 0 aliphatic heterocycles. The van der Waals surface area contributed by atoms with Gasteiger partial charge in [0, 0.05) is 27.4 Å². The number of allylic oxidation sites excluding steroid dienone is 4. The number of nitrogens with zero attached hydrogens (tertiary/aromatic N) is 2. The number of nitrogens with one attached hydrogen (secondary N) is 1. The van der Waals surface area contributed by atoms with Crippen LogP contribution in [0.1, 0.15) is 11.5 Å². The molecule has 0 saturated heterocycles. The van der Waals surface area contributed by atoms with Crippen LogP contribution in [-0.2, 0) is 6.18 Å². The quantitative estimate of drug-likeness (QED) is 0.642. The summed E-state index contributed by atoms with van der Waals surface area (Å²) in [5.74, 6) is -0.252. The lowest BCUT2D eigenvalue weighted by molar-refractivity contribution is -0.141. The Morgan fingerprint density at radius 2 is 1.77 bits per heavy atom. The van der Waals surface area contributed by atoms with Gasteiger partial charge in [0.25, 0.3) is 0 Å². The highest BCUT2D eigenvalue weighted by atomic mass is 35.5. The monoisotopic (exact) mass is 400 g/mol. The summed E-state index contributed by atoms with van der Waals surface area (Å²) in [4.78, 5) is 7.68. The molecule has 9 heteroatoms. The number of hydrogen-bond acceptors (Lipinski definition) is 4. The Kier molecular flexibility index (Phi) is 6.28. The van der Waals surface area contributed by atoms with E-state index in [1.165, 1.54) is 42.6 Å². The summed E-state index contributed by atoms with van der Waals surface area (Å²) in [6, 6.07) is 5.29. The number of anilines is 2. The van der Waals surface area contributed by atoms with E-state index in [-0.39, 0.29) is 17.2 Å². The van der Waals surface area contributed by atoms with Crippen molar-refractivity contribution in [2.75, 3.05) is 5.32 Å². The molecule has 2 rings (SSSR count). The van der Waals surface area contributed by atoms with Gasteiger partial charge >= 0.3 is 6.18 Å². The van der Waals surface area contributed by atoms with Gasteiger partial charge in [-0.3, -0.25) is 0 Å². The molecule has 0 bridgehead atoms. The van der Waals surface area contributed by atoms with E-state index in [1.54, 1.807) is 0 Å². The fraction of sp³-hybridized carbons (Fsp3) is 0.0588. The molecule has 1 aromatic carbocycles. The van der Waals surface area contributed by atoms with Crippen molar-refractivity contribution < 1.29 is 13.2 Å². The lowest BCUT2D eigenvalue weighted by atomic mass is 10.2. The van der Waals surface area contributed by atoms with E-state index in [4.69, 9.17) is 28.9 Å². The van der Waals surface area contributed by atoms with Gasteiger partial charge in [0.15, 0.2) is 11.5 Å². The maximum absolute atomic E-state index is 13.2. The van der Waals surface area contributed by atoms with Crippen molar-refractivity contribution in [1.29, 1.82) is 0 Å². The van der Waals surface area contributed by atoms with Gasteiger partial charge in [-0.1, -0.05) is 41.9 Å². The van der Waals surface area contributed by atoms with Gasteiger partial charge in [-0.15, -0.1) is 0 Å². The van der Waals surface area contributed by atoms with Crippen LogP contribution in [0, 0.1) is 0 Å². The number of aromatic nitrogens is 2. The molecule has 136 valence electrons. The standard InChI is InChI=1S/C17H13Cl2F3N4/c1-2-3-10(4-5-23)16-25-14(17(20,21)22)9-15(26-16)24-13-7-11(18)6-12(19)8-13/h2-9H,1,23H2,(H,24,25,26)/b5-4-,10-3+. The maximum atomic E-state index is 13.2. The van der Waals surface area contributed by atoms with E-state index in [1.807, 2.05) is 0 Å². The van der Waals surface area contributed by atoms with Crippen molar-refractivity contribution in [3.8, 4) is 0 Å². The Bertz CT molecular complexity index is 857. The second-order valence-corrected chi connectivity index (χ2v) is 5.83. The Morgan fingerprint density at radius 3 is 2.31 bits per heavy atom. The first-order chi connectivity index (χ1) is 12.2. The van der Waals surface area contributed by atoms with Crippen molar-refractivity contribution in [2.45, 2.75) is 6.18 Å². The molecular weight excluding hydrogens is 388 g/mol. The molecule has 0 fully saturated rings. The van der Waals surface area contributed by atoms with Crippen LogP contribution in [0.4, 0.5) is 24.7 Å². The highest BCUT2D eigenvalue weighted by Crippen LogP contribution is 2.31. The fourth-order valence-corrected chi connectivity index (χ4v) is 2.52. The summed E-state index contributed by atoms with van der Waals surface area (Å²) in [7, 11) is 0. The molecule has 26 heavy (non-hydrogen) atoms. The largest absolute Gasteiger partial charge is 0.433 e. The van der Waals surface area contributed by atoms with Crippen LogP contribution in [0.5, 0.6) is 0 Å². The van der Waals surface area contributed by atoms with Crippen LogP contribution in [0.2, 0.25) is 10.0 Å².